The van der Waals surface area contributed by atoms with E-state index >= 15 is 0 Å². The van der Waals surface area contributed by atoms with Gasteiger partial charge in [0.1, 0.15) is 8.42 Å². The van der Waals surface area contributed by atoms with Crippen LogP contribution in [0.1, 0.15) is 40.0 Å². The second-order valence-corrected chi connectivity index (χ2v) is 10.2. The molecule has 5 nitrogen and oxygen atoms in total. The Morgan fingerprint density at radius 2 is 2.37 bits per heavy atom. The summed E-state index contributed by atoms with van der Waals surface area (Å²) >= 11 is 0.490. The minimum atomic E-state index is -3.89. The molecule has 2 heterocycles. The molecule has 0 saturated carbocycles. The van der Waals surface area contributed by atoms with Gasteiger partial charge >= 0.3 is 0 Å². The van der Waals surface area contributed by atoms with Crippen LogP contribution in [0, 0.1) is 0 Å². The van der Waals surface area contributed by atoms with E-state index < -0.39 is 50.7 Å². The summed E-state index contributed by atoms with van der Waals surface area (Å²) in [5, 5.41) is 0.978. The van der Waals surface area contributed by atoms with Gasteiger partial charge in [-0.25, -0.2) is 16.8 Å². The molecule has 0 bridgehead atoms. The monoisotopic (exact) mass is 329 g/mol. The van der Waals surface area contributed by atoms with Crippen LogP contribution in [-0.4, -0.2) is 34.8 Å². The van der Waals surface area contributed by atoms with Crippen LogP contribution in [-0.2, 0) is 19.7 Å². The zero-order chi connectivity index (χ0) is 19.6. The Morgan fingerprint density at radius 1 is 1.68 bits per heavy atom. The average Bonchev–Trinajstić information content (AvgIpc) is 2.81. The highest BCUT2D eigenvalue weighted by atomic mass is 32.3. The van der Waals surface area contributed by atoms with Crippen LogP contribution in [0.3, 0.4) is 0 Å². The van der Waals surface area contributed by atoms with Crippen LogP contribution < -0.4 is 5.32 Å². The zero-order valence-corrected chi connectivity index (χ0v) is 12.7. The van der Waals surface area contributed by atoms with Gasteiger partial charge in [0.15, 0.2) is 19.7 Å². The molecule has 1 aliphatic heterocycles. The van der Waals surface area contributed by atoms with E-state index in [1.165, 1.54) is 6.92 Å². The lowest BCUT2D eigenvalue weighted by atomic mass is 10.1. The van der Waals surface area contributed by atoms with Crippen LogP contribution in [0.5, 0.6) is 0 Å². The van der Waals surface area contributed by atoms with Gasteiger partial charge in [0.05, 0.1) is 6.62 Å². The van der Waals surface area contributed by atoms with Gasteiger partial charge in [0.25, 0.3) is 0 Å². The van der Waals surface area contributed by atoms with E-state index in [2.05, 4.69) is 5.32 Å². The van der Waals surface area contributed by atoms with Gasteiger partial charge in [-0.05, 0) is 31.5 Å². The predicted octanol–water partition coefficient (Wildman–Crippen LogP) is 1.37. The lowest BCUT2D eigenvalue weighted by Crippen LogP contribution is -2.33. The van der Waals surface area contributed by atoms with E-state index in [0.717, 1.165) is 12.3 Å². The fourth-order valence-electron chi connectivity index (χ4n) is 1.84. The molecule has 0 aromatic carbocycles. The van der Waals surface area contributed by atoms with Gasteiger partial charge < -0.3 is 5.32 Å². The molecular weight excluding hydrogens is 306 g/mol. The molecule has 0 amide bonds. The third-order valence-corrected chi connectivity index (χ3v) is 8.50. The van der Waals surface area contributed by atoms with Crippen molar-refractivity contribution in [1.82, 2.24) is 5.32 Å². The van der Waals surface area contributed by atoms with Crippen LogP contribution in [0.25, 0.3) is 0 Å². The quantitative estimate of drug-likeness (QED) is 0.906. The Morgan fingerprint density at radius 3 is 2.95 bits per heavy atom. The Bertz CT molecular complexity index is 905. The summed E-state index contributed by atoms with van der Waals surface area (Å²) in [7, 11) is -7.64. The normalized spacial score (nSPS) is 36.0. The topological polar surface area (TPSA) is 80.3 Å². The fraction of sp³-hybridized carbons (Fsp3) is 0.636. The van der Waals surface area contributed by atoms with Gasteiger partial charge in [-0.3, -0.25) is 0 Å². The van der Waals surface area contributed by atoms with E-state index in [0.29, 0.717) is 11.3 Å². The molecule has 2 rings (SSSR count). The Hall–Kier alpha value is -0.440. The number of thiophene rings is 1. The second-order valence-electron chi connectivity index (χ2n) is 4.33. The van der Waals surface area contributed by atoms with Crippen molar-refractivity contribution >= 4 is 31.0 Å². The van der Waals surface area contributed by atoms with E-state index in [1.807, 2.05) is 0 Å². The number of nitrogens with one attached hydrogen (secondary N) is 1. The molecule has 0 aliphatic carbocycles. The van der Waals surface area contributed by atoms with Crippen LogP contribution in [0.4, 0.5) is 0 Å². The molecule has 1 aliphatic rings. The number of rotatable bonds is 3. The zero-order valence-electron chi connectivity index (χ0n) is 16.2. The maximum Gasteiger partial charge on any atom is 0.190 e. The molecule has 8 heteroatoms. The average molecular weight is 329 g/mol. The molecule has 0 saturated heterocycles. The highest BCUT2D eigenvalue weighted by Crippen LogP contribution is 2.42. The first-order chi connectivity index (χ1) is 10.9. The van der Waals surface area contributed by atoms with Crippen molar-refractivity contribution in [3.63, 3.8) is 0 Å². The molecule has 19 heavy (non-hydrogen) atoms. The third kappa shape index (κ3) is 2.58. The van der Waals surface area contributed by atoms with Gasteiger partial charge in [0.2, 0.25) is 0 Å². The molecule has 0 fully saturated rings. The second kappa shape index (κ2) is 4.83. The van der Waals surface area contributed by atoms with Crippen LogP contribution >= 0.6 is 11.3 Å². The first kappa shape index (κ1) is 8.76. The summed E-state index contributed by atoms with van der Waals surface area (Å²) in [6.45, 7) is -4.76. The number of fused-ring (bicyclic) bond motifs is 1. The summed E-state index contributed by atoms with van der Waals surface area (Å²) in [4.78, 5) is 0. The predicted molar refractivity (Wildman–Crippen MR) is 75.1 cm³/mol. The first-order valence-electron chi connectivity index (χ1n) is 8.29. The summed E-state index contributed by atoms with van der Waals surface area (Å²) in [5.74, 6) is 0. The van der Waals surface area contributed by atoms with Gasteiger partial charge in [-0.2, -0.15) is 0 Å². The Balaban J connectivity index is 2.69. The standard InChI is InChI=1S/C11H17NO4S3/c1-4-12-9-5-7(2)19(15,16)11-8(9)6-10(17-11)18(3,13)14/h6-7,9,12H,4-5H2,1-3H3/t7-,9-/m0/s1/i1D3,4D2,9D. The van der Waals surface area contributed by atoms with E-state index in [-0.39, 0.29) is 14.0 Å². The molecule has 1 aromatic heterocycles. The number of sulfone groups is 2. The third-order valence-electron chi connectivity index (χ3n) is 2.86. The summed E-state index contributed by atoms with van der Waals surface area (Å²) in [6, 6.07) is -1.09. The van der Waals surface area contributed by atoms with Gasteiger partial charge in [-0.1, -0.05) is 6.85 Å². The molecule has 1 N–H and O–H groups in total. The fourth-order valence-corrected chi connectivity index (χ4v) is 6.30. The number of hydrogen-bond donors (Lipinski definition) is 1. The van der Waals surface area contributed by atoms with E-state index in [4.69, 9.17) is 8.22 Å². The summed E-state index contributed by atoms with van der Waals surface area (Å²) in [5.41, 5.74) is -0.246. The van der Waals surface area contributed by atoms with Crippen molar-refractivity contribution < 1.29 is 25.1 Å². The molecule has 1 aromatic rings. The van der Waals surface area contributed by atoms with Crippen molar-refractivity contribution in [3.8, 4) is 0 Å². The summed E-state index contributed by atoms with van der Waals surface area (Å²) < 4.78 is 93.5. The minimum absolute atomic E-state index is 0.246. The van der Waals surface area contributed by atoms with Crippen molar-refractivity contribution in [3.05, 3.63) is 11.6 Å². The number of hydrogen-bond acceptors (Lipinski definition) is 6. The van der Waals surface area contributed by atoms with Gasteiger partial charge in [0, 0.05) is 19.1 Å². The maximum atomic E-state index is 12.5. The molecule has 2 atom stereocenters. The molecule has 0 radical (unpaired) electrons. The van der Waals surface area contributed by atoms with Crippen molar-refractivity contribution in [2.45, 2.75) is 39.9 Å². The molecule has 0 spiro atoms. The minimum Gasteiger partial charge on any atom is -0.310 e. The first-order valence-corrected chi connectivity index (χ1v) is 9.55. The highest BCUT2D eigenvalue weighted by Gasteiger charge is 2.38. The van der Waals surface area contributed by atoms with Crippen LogP contribution in [0.15, 0.2) is 14.5 Å². The Kier molecular flexibility index (Phi) is 2.23. The largest absolute Gasteiger partial charge is 0.310 e. The smallest absolute Gasteiger partial charge is 0.190 e. The van der Waals surface area contributed by atoms with Crippen molar-refractivity contribution in [1.29, 1.82) is 0 Å². The van der Waals surface area contributed by atoms with E-state index in [9.17, 15) is 16.8 Å². The summed E-state index contributed by atoms with van der Waals surface area (Å²) in [6.07, 6.45) is 0.471. The lowest BCUT2D eigenvalue weighted by Gasteiger charge is -2.27. The van der Waals surface area contributed by atoms with Crippen molar-refractivity contribution in [2.24, 2.45) is 0 Å². The maximum absolute atomic E-state index is 12.5. The van der Waals surface area contributed by atoms with Crippen LogP contribution in [0.2, 0.25) is 0 Å². The lowest BCUT2D eigenvalue weighted by molar-refractivity contribution is 0.477. The molecule has 0 unspecified atom stereocenters. The SMILES string of the molecule is [2H]C([2H])([2H])C([2H])([2H])N[C@@]1([2H])C[C@H](C)S(=O)(=O)c2sc(S(C)(=O)=O)cc21. The van der Waals surface area contributed by atoms with Crippen molar-refractivity contribution in [2.75, 3.05) is 12.8 Å². The highest BCUT2D eigenvalue weighted by molar-refractivity contribution is 7.96. The van der Waals surface area contributed by atoms with E-state index in [1.54, 1.807) is 0 Å². The molecular formula is C11H17NO4S3. The molecule has 108 valence electrons. The Labute approximate surface area is 126 Å². The van der Waals surface area contributed by atoms with Gasteiger partial charge in [-0.15, -0.1) is 11.3 Å².